The minimum Gasteiger partial charge on any atom is -0.433 e. The molecule has 1 aromatic carbocycles. The normalized spacial score (nSPS) is 10.3. The molecule has 0 radical (unpaired) electrons. The molecule has 0 atom stereocenters. The van der Waals surface area contributed by atoms with Crippen LogP contribution in [0.15, 0.2) is 18.2 Å². The summed E-state index contributed by atoms with van der Waals surface area (Å²) >= 11 is 5.75. The molecule has 0 unspecified atom stereocenters. The number of rotatable bonds is 7. The molecule has 0 fully saturated rings. The zero-order valence-corrected chi connectivity index (χ0v) is 11.6. The summed E-state index contributed by atoms with van der Waals surface area (Å²) < 4.78 is 28.3. The number of benzene rings is 1. The van der Waals surface area contributed by atoms with Crippen LogP contribution in [0.5, 0.6) is 5.75 Å². The van der Waals surface area contributed by atoms with Crippen LogP contribution < -0.4 is 21.1 Å². The number of nitrogens with two attached hydrogens (primary N) is 1. The average Bonchev–Trinajstić information content (AvgIpc) is 2.37. The minimum absolute atomic E-state index is 0.0384. The predicted molar refractivity (Wildman–Crippen MR) is 73.5 cm³/mol. The highest BCUT2D eigenvalue weighted by Crippen LogP contribution is 2.28. The molecule has 0 saturated carbocycles. The van der Waals surface area contributed by atoms with Crippen molar-refractivity contribution in [2.24, 2.45) is 5.73 Å². The molecule has 0 aliphatic carbocycles. The van der Waals surface area contributed by atoms with Crippen molar-refractivity contribution in [3.63, 3.8) is 0 Å². The number of primary amides is 1. The molecule has 4 N–H and O–H groups in total. The Bertz CT molecular complexity index is 515. The van der Waals surface area contributed by atoms with Gasteiger partial charge in [0.05, 0.1) is 5.02 Å². The number of carbonyl (C=O) groups excluding carboxylic acids is 2. The smallest absolute Gasteiger partial charge is 0.387 e. The molecule has 6 nitrogen and oxygen atoms in total. The van der Waals surface area contributed by atoms with Crippen molar-refractivity contribution in [2.45, 2.75) is 19.5 Å². The number of urea groups is 1. The van der Waals surface area contributed by atoms with Crippen LogP contribution in [0.1, 0.15) is 12.8 Å². The third kappa shape index (κ3) is 6.75. The highest BCUT2D eigenvalue weighted by atomic mass is 35.5. The van der Waals surface area contributed by atoms with Crippen molar-refractivity contribution in [3.8, 4) is 5.75 Å². The van der Waals surface area contributed by atoms with Crippen LogP contribution in [0, 0.1) is 0 Å². The summed E-state index contributed by atoms with van der Waals surface area (Å²) in [5.41, 5.74) is 5.22. The van der Waals surface area contributed by atoms with Crippen molar-refractivity contribution in [2.75, 3.05) is 11.9 Å². The van der Waals surface area contributed by atoms with Gasteiger partial charge in [0.2, 0.25) is 5.91 Å². The summed E-state index contributed by atoms with van der Waals surface area (Å²) in [6, 6.07) is 3.28. The predicted octanol–water partition coefficient (Wildman–Crippen LogP) is 2.33. The van der Waals surface area contributed by atoms with Gasteiger partial charge in [0.15, 0.2) is 0 Å². The first-order valence-electron chi connectivity index (χ1n) is 5.96. The summed E-state index contributed by atoms with van der Waals surface area (Å²) in [5, 5.41) is 4.85. The highest BCUT2D eigenvalue weighted by Gasteiger charge is 2.10. The quantitative estimate of drug-likeness (QED) is 0.673. The molecule has 0 aliphatic heterocycles. The number of nitrogens with one attached hydrogen (secondary N) is 2. The van der Waals surface area contributed by atoms with E-state index in [1.54, 1.807) is 0 Å². The van der Waals surface area contributed by atoms with Crippen LogP contribution in [0.25, 0.3) is 0 Å². The third-order valence-corrected chi connectivity index (χ3v) is 2.61. The van der Waals surface area contributed by atoms with Gasteiger partial charge in [-0.05, 0) is 24.6 Å². The van der Waals surface area contributed by atoms with E-state index >= 15 is 0 Å². The molecule has 3 amide bonds. The molecular formula is C12H14ClF2N3O3. The van der Waals surface area contributed by atoms with Crippen LogP contribution in [0.2, 0.25) is 5.02 Å². The van der Waals surface area contributed by atoms with Crippen molar-refractivity contribution >= 4 is 29.2 Å². The fourth-order valence-corrected chi connectivity index (χ4v) is 1.68. The molecule has 116 valence electrons. The maximum atomic E-state index is 12.1. The zero-order chi connectivity index (χ0) is 15.8. The number of alkyl halides is 2. The van der Waals surface area contributed by atoms with E-state index in [9.17, 15) is 18.4 Å². The Balaban J connectivity index is 2.45. The second-order valence-corrected chi connectivity index (χ2v) is 4.37. The number of amides is 3. The summed E-state index contributed by atoms with van der Waals surface area (Å²) in [7, 11) is 0. The molecular weight excluding hydrogens is 308 g/mol. The molecule has 1 rings (SSSR count). The Morgan fingerprint density at radius 2 is 2.10 bits per heavy atom. The summed E-state index contributed by atoms with van der Waals surface area (Å²) in [6.45, 7) is -2.69. The summed E-state index contributed by atoms with van der Waals surface area (Å²) in [5.74, 6) is -0.477. The van der Waals surface area contributed by atoms with Gasteiger partial charge in [-0.15, -0.1) is 0 Å². The van der Waals surface area contributed by atoms with Gasteiger partial charge < -0.3 is 21.1 Å². The number of hydrogen-bond donors (Lipinski definition) is 3. The van der Waals surface area contributed by atoms with E-state index in [0.29, 0.717) is 12.1 Å². The maximum Gasteiger partial charge on any atom is 0.387 e. The van der Waals surface area contributed by atoms with Crippen LogP contribution in [0.4, 0.5) is 19.3 Å². The van der Waals surface area contributed by atoms with E-state index in [1.165, 1.54) is 18.2 Å². The number of ether oxygens (including phenoxy) is 1. The van der Waals surface area contributed by atoms with Gasteiger partial charge in [-0.25, -0.2) is 4.79 Å². The molecule has 0 heterocycles. The monoisotopic (exact) mass is 321 g/mol. The molecule has 0 aliphatic rings. The van der Waals surface area contributed by atoms with Crippen LogP contribution in [-0.2, 0) is 4.79 Å². The van der Waals surface area contributed by atoms with Crippen molar-refractivity contribution in [1.82, 2.24) is 5.32 Å². The highest BCUT2D eigenvalue weighted by molar-refractivity contribution is 6.32. The van der Waals surface area contributed by atoms with Crippen molar-refractivity contribution in [3.05, 3.63) is 23.2 Å². The summed E-state index contributed by atoms with van der Waals surface area (Å²) in [4.78, 5) is 22.0. The number of halogens is 3. The van der Waals surface area contributed by atoms with Gasteiger partial charge in [-0.2, -0.15) is 8.78 Å². The van der Waals surface area contributed by atoms with E-state index in [-0.39, 0.29) is 29.6 Å². The molecule has 9 heteroatoms. The Morgan fingerprint density at radius 3 is 2.67 bits per heavy atom. The van der Waals surface area contributed by atoms with E-state index in [0.717, 1.165) is 0 Å². The van der Waals surface area contributed by atoms with E-state index in [4.69, 9.17) is 17.3 Å². The molecule has 1 aromatic rings. The van der Waals surface area contributed by atoms with Crippen LogP contribution in [-0.4, -0.2) is 25.1 Å². The van der Waals surface area contributed by atoms with Gasteiger partial charge in [0.25, 0.3) is 0 Å². The Labute approximate surface area is 124 Å². The van der Waals surface area contributed by atoms with Gasteiger partial charge in [-0.1, -0.05) is 11.6 Å². The van der Waals surface area contributed by atoms with E-state index < -0.39 is 12.6 Å². The molecule has 0 aromatic heterocycles. The third-order valence-electron chi connectivity index (χ3n) is 2.31. The second-order valence-electron chi connectivity index (χ2n) is 3.97. The van der Waals surface area contributed by atoms with Crippen LogP contribution >= 0.6 is 11.6 Å². The molecule has 0 spiro atoms. The first-order chi connectivity index (χ1) is 9.88. The molecule has 21 heavy (non-hydrogen) atoms. The molecule has 0 saturated heterocycles. The Kier molecular flexibility index (Phi) is 6.67. The first-order valence-corrected chi connectivity index (χ1v) is 6.34. The Hall–Kier alpha value is -2.09. The van der Waals surface area contributed by atoms with Gasteiger partial charge in [-0.3, -0.25) is 4.79 Å². The van der Waals surface area contributed by atoms with E-state index in [2.05, 4.69) is 15.4 Å². The number of carbonyl (C=O) groups is 2. The maximum absolute atomic E-state index is 12.1. The first kappa shape index (κ1) is 17.0. The van der Waals surface area contributed by atoms with Gasteiger partial charge >= 0.3 is 12.6 Å². The lowest BCUT2D eigenvalue weighted by Gasteiger charge is -2.09. The van der Waals surface area contributed by atoms with Gasteiger partial charge in [0, 0.05) is 18.7 Å². The lowest BCUT2D eigenvalue weighted by molar-refractivity contribution is -0.116. The van der Waals surface area contributed by atoms with Crippen molar-refractivity contribution < 1.29 is 23.1 Å². The average molecular weight is 322 g/mol. The standard InChI is InChI=1S/C12H14ClF2N3O3/c13-8-6-7(3-4-9(8)21-11(14)15)18-10(19)2-1-5-17-12(16)20/h3-4,6,11H,1-2,5H2,(H,18,19)(H3,16,17,20). The fraction of sp³-hybridized carbons (Fsp3) is 0.333. The largest absolute Gasteiger partial charge is 0.433 e. The minimum atomic E-state index is -2.97. The lowest BCUT2D eigenvalue weighted by atomic mass is 10.2. The fourth-order valence-electron chi connectivity index (χ4n) is 1.45. The number of anilines is 1. The van der Waals surface area contributed by atoms with E-state index in [1.807, 2.05) is 0 Å². The lowest BCUT2D eigenvalue weighted by Crippen LogP contribution is -2.30. The van der Waals surface area contributed by atoms with Gasteiger partial charge in [0.1, 0.15) is 5.75 Å². The second kappa shape index (κ2) is 8.25. The Morgan fingerprint density at radius 1 is 1.38 bits per heavy atom. The summed E-state index contributed by atoms with van der Waals surface area (Å²) in [6.07, 6.45) is 0.572. The topological polar surface area (TPSA) is 93.5 Å². The zero-order valence-electron chi connectivity index (χ0n) is 10.9. The SMILES string of the molecule is NC(=O)NCCCC(=O)Nc1ccc(OC(F)F)c(Cl)c1. The number of hydrogen-bond acceptors (Lipinski definition) is 3. The van der Waals surface area contributed by atoms with Crippen molar-refractivity contribution in [1.29, 1.82) is 0 Å². The molecule has 0 bridgehead atoms. The van der Waals surface area contributed by atoms with Crippen LogP contribution in [0.3, 0.4) is 0 Å².